The van der Waals surface area contributed by atoms with E-state index in [0.29, 0.717) is 30.8 Å². The van der Waals surface area contributed by atoms with Crippen LogP contribution < -0.4 is 10.0 Å². The molecule has 1 atom stereocenters. The molecule has 3 rings (SSSR count). The molecule has 162 valence electrons. The molecule has 1 amide bonds. The molecule has 2 aromatic rings. The third kappa shape index (κ3) is 5.38. The van der Waals surface area contributed by atoms with Gasteiger partial charge in [0.15, 0.2) is 0 Å². The first-order valence-corrected chi connectivity index (χ1v) is 12.8. The molecule has 1 aliphatic rings. The Balaban J connectivity index is 1.73. The van der Waals surface area contributed by atoms with E-state index in [9.17, 15) is 21.6 Å². The summed E-state index contributed by atoms with van der Waals surface area (Å²) in [6.45, 7) is 2.23. The van der Waals surface area contributed by atoms with E-state index >= 15 is 0 Å². The second-order valence-corrected chi connectivity index (χ2v) is 11.1. The summed E-state index contributed by atoms with van der Waals surface area (Å²) in [5, 5.41) is 2.78. The molecule has 2 aromatic carbocycles. The fourth-order valence-corrected chi connectivity index (χ4v) is 5.53. The van der Waals surface area contributed by atoms with Gasteiger partial charge in [0, 0.05) is 18.8 Å². The number of aryl methyl sites for hydroxylation is 1. The zero-order chi connectivity index (χ0) is 21.9. The molecular formula is C20H25N3O5S2. The van der Waals surface area contributed by atoms with Gasteiger partial charge in [-0.2, -0.15) is 4.31 Å². The van der Waals surface area contributed by atoms with Crippen molar-refractivity contribution in [3.63, 3.8) is 0 Å². The SMILES string of the molecule is Cc1ccc(NC(=O)C2CCCN(S(=O)(=O)c3ccccc3)C2)cc1NS(C)(=O)=O. The monoisotopic (exact) mass is 451 g/mol. The zero-order valence-electron chi connectivity index (χ0n) is 16.8. The summed E-state index contributed by atoms with van der Waals surface area (Å²) >= 11 is 0. The summed E-state index contributed by atoms with van der Waals surface area (Å²) in [5.74, 6) is -0.790. The fourth-order valence-electron chi connectivity index (χ4n) is 3.37. The Kier molecular flexibility index (Phi) is 6.49. The van der Waals surface area contributed by atoms with Gasteiger partial charge >= 0.3 is 0 Å². The maximum absolute atomic E-state index is 12.9. The Labute approximate surface area is 177 Å². The molecule has 1 unspecified atom stereocenters. The topological polar surface area (TPSA) is 113 Å². The van der Waals surface area contributed by atoms with Crippen LogP contribution in [-0.4, -0.2) is 46.4 Å². The van der Waals surface area contributed by atoms with Crippen LogP contribution in [0.25, 0.3) is 0 Å². The zero-order valence-corrected chi connectivity index (χ0v) is 18.5. The quantitative estimate of drug-likeness (QED) is 0.700. The average molecular weight is 452 g/mol. The average Bonchev–Trinajstić information content (AvgIpc) is 2.70. The Morgan fingerprint density at radius 1 is 1.07 bits per heavy atom. The molecule has 30 heavy (non-hydrogen) atoms. The van der Waals surface area contributed by atoms with Gasteiger partial charge < -0.3 is 5.32 Å². The molecule has 8 nitrogen and oxygen atoms in total. The molecule has 2 N–H and O–H groups in total. The van der Waals surface area contributed by atoms with Crippen molar-refractivity contribution in [2.24, 2.45) is 5.92 Å². The Hall–Kier alpha value is -2.43. The van der Waals surface area contributed by atoms with Crippen molar-refractivity contribution in [2.45, 2.75) is 24.7 Å². The Bertz CT molecular complexity index is 1130. The number of piperidine rings is 1. The second kappa shape index (κ2) is 8.75. The largest absolute Gasteiger partial charge is 0.326 e. The van der Waals surface area contributed by atoms with Crippen LogP contribution in [0.15, 0.2) is 53.4 Å². The molecule has 0 spiro atoms. The summed E-state index contributed by atoms with van der Waals surface area (Å²) in [6.07, 6.45) is 2.22. The van der Waals surface area contributed by atoms with Gasteiger partial charge in [-0.05, 0) is 49.6 Å². The molecule has 0 bridgehead atoms. The molecule has 10 heteroatoms. The number of anilines is 2. The second-order valence-electron chi connectivity index (χ2n) is 7.41. The molecule has 1 saturated heterocycles. The van der Waals surface area contributed by atoms with Crippen LogP contribution in [0, 0.1) is 12.8 Å². The van der Waals surface area contributed by atoms with E-state index in [0.717, 1.165) is 11.8 Å². The third-order valence-electron chi connectivity index (χ3n) is 4.94. The van der Waals surface area contributed by atoms with Gasteiger partial charge in [-0.25, -0.2) is 16.8 Å². The molecule has 0 aromatic heterocycles. The minimum absolute atomic E-state index is 0.101. The minimum atomic E-state index is -3.66. The molecule has 0 aliphatic carbocycles. The number of carbonyl (C=O) groups excluding carboxylic acids is 1. The summed E-state index contributed by atoms with van der Waals surface area (Å²) < 4.78 is 52.5. The van der Waals surface area contributed by atoms with Gasteiger partial charge in [-0.1, -0.05) is 24.3 Å². The predicted molar refractivity (Wildman–Crippen MR) is 116 cm³/mol. The van der Waals surface area contributed by atoms with E-state index < -0.39 is 26.0 Å². The van der Waals surface area contributed by atoms with Crippen LogP contribution in [0.5, 0.6) is 0 Å². The number of benzene rings is 2. The lowest BCUT2D eigenvalue weighted by atomic mass is 9.98. The van der Waals surface area contributed by atoms with Crippen molar-refractivity contribution >= 4 is 37.3 Å². The lowest BCUT2D eigenvalue weighted by Crippen LogP contribution is -2.43. The van der Waals surface area contributed by atoms with Crippen molar-refractivity contribution in [2.75, 3.05) is 29.4 Å². The van der Waals surface area contributed by atoms with Gasteiger partial charge in [0.2, 0.25) is 26.0 Å². The third-order valence-corrected chi connectivity index (χ3v) is 7.41. The van der Waals surface area contributed by atoms with Crippen LogP contribution in [0.1, 0.15) is 18.4 Å². The first kappa shape index (κ1) is 22.3. The smallest absolute Gasteiger partial charge is 0.243 e. The van der Waals surface area contributed by atoms with Crippen LogP contribution in [0.3, 0.4) is 0 Å². The Morgan fingerprint density at radius 2 is 1.77 bits per heavy atom. The highest BCUT2D eigenvalue weighted by atomic mass is 32.2. The van der Waals surface area contributed by atoms with Crippen molar-refractivity contribution in [3.8, 4) is 0 Å². The van der Waals surface area contributed by atoms with E-state index in [-0.39, 0.29) is 17.3 Å². The number of sulfonamides is 2. The van der Waals surface area contributed by atoms with Gasteiger partial charge in [0.25, 0.3) is 0 Å². The first-order valence-electron chi connectivity index (χ1n) is 9.51. The summed E-state index contributed by atoms with van der Waals surface area (Å²) in [4.78, 5) is 13.0. The summed E-state index contributed by atoms with van der Waals surface area (Å²) in [6, 6.07) is 13.1. The maximum atomic E-state index is 12.9. The van der Waals surface area contributed by atoms with Gasteiger partial charge in [0.05, 0.1) is 22.8 Å². The molecule has 1 fully saturated rings. The van der Waals surface area contributed by atoms with Gasteiger partial charge in [-0.3, -0.25) is 9.52 Å². The van der Waals surface area contributed by atoms with E-state index in [2.05, 4.69) is 10.0 Å². The first-order chi connectivity index (χ1) is 14.1. The maximum Gasteiger partial charge on any atom is 0.243 e. The van der Waals surface area contributed by atoms with E-state index in [1.165, 1.54) is 4.31 Å². The predicted octanol–water partition coefficient (Wildman–Crippen LogP) is 2.41. The minimum Gasteiger partial charge on any atom is -0.326 e. The standard InChI is InChI=1S/C20H25N3O5S2/c1-15-10-11-17(13-19(15)22-29(2,25)26)21-20(24)16-7-6-12-23(14-16)30(27,28)18-8-4-3-5-9-18/h3-5,8-11,13,16,22H,6-7,12,14H2,1-2H3,(H,21,24). The van der Waals surface area contributed by atoms with Crippen molar-refractivity contribution < 1.29 is 21.6 Å². The van der Waals surface area contributed by atoms with Crippen molar-refractivity contribution in [3.05, 3.63) is 54.1 Å². The van der Waals surface area contributed by atoms with Crippen LogP contribution in [-0.2, 0) is 24.8 Å². The number of rotatable bonds is 6. The highest BCUT2D eigenvalue weighted by molar-refractivity contribution is 7.92. The summed E-state index contributed by atoms with van der Waals surface area (Å²) in [7, 11) is -7.11. The number of hydrogen-bond donors (Lipinski definition) is 2. The van der Waals surface area contributed by atoms with E-state index in [1.54, 1.807) is 55.5 Å². The van der Waals surface area contributed by atoms with Crippen LogP contribution in [0.2, 0.25) is 0 Å². The lowest BCUT2D eigenvalue weighted by Gasteiger charge is -2.31. The fraction of sp³-hybridized carbons (Fsp3) is 0.350. The van der Waals surface area contributed by atoms with Crippen molar-refractivity contribution in [1.82, 2.24) is 4.31 Å². The molecule has 0 radical (unpaired) electrons. The van der Waals surface area contributed by atoms with Gasteiger partial charge in [0.1, 0.15) is 0 Å². The number of nitrogens with zero attached hydrogens (tertiary/aromatic N) is 1. The van der Waals surface area contributed by atoms with E-state index in [4.69, 9.17) is 0 Å². The number of amides is 1. The van der Waals surface area contributed by atoms with Crippen molar-refractivity contribution in [1.29, 1.82) is 0 Å². The normalized spacial score (nSPS) is 18.0. The molecule has 0 saturated carbocycles. The van der Waals surface area contributed by atoms with Crippen LogP contribution >= 0.6 is 0 Å². The number of nitrogens with one attached hydrogen (secondary N) is 2. The molecular weight excluding hydrogens is 426 g/mol. The van der Waals surface area contributed by atoms with Gasteiger partial charge in [-0.15, -0.1) is 0 Å². The highest BCUT2D eigenvalue weighted by Crippen LogP contribution is 2.26. The van der Waals surface area contributed by atoms with E-state index in [1.807, 2.05) is 0 Å². The highest BCUT2D eigenvalue weighted by Gasteiger charge is 2.33. The summed E-state index contributed by atoms with van der Waals surface area (Å²) in [5.41, 5.74) is 1.54. The number of hydrogen-bond acceptors (Lipinski definition) is 5. The Morgan fingerprint density at radius 3 is 2.43 bits per heavy atom. The number of carbonyl (C=O) groups is 1. The van der Waals surface area contributed by atoms with Crippen LogP contribution in [0.4, 0.5) is 11.4 Å². The molecule has 1 heterocycles. The lowest BCUT2D eigenvalue weighted by molar-refractivity contribution is -0.120. The molecule has 1 aliphatic heterocycles.